The van der Waals surface area contributed by atoms with Gasteiger partial charge in [0.15, 0.2) is 0 Å². The molecule has 0 saturated heterocycles. The summed E-state index contributed by atoms with van der Waals surface area (Å²) >= 11 is 10.6. The van der Waals surface area contributed by atoms with E-state index in [2.05, 4.69) is 41.8 Å². The van der Waals surface area contributed by atoms with Crippen molar-refractivity contribution in [3.63, 3.8) is 0 Å². The number of halogens is 2. The fourth-order valence-corrected chi connectivity index (χ4v) is 6.39. The first-order valence-corrected chi connectivity index (χ1v) is 16.0. The van der Waals surface area contributed by atoms with Crippen molar-refractivity contribution in [2.45, 2.75) is 36.4 Å². The van der Waals surface area contributed by atoms with Crippen molar-refractivity contribution in [3.8, 4) is 11.5 Å². The van der Waals surface area contributed by atoms with Crippen LogP contribution in [0.25, 0.3) is 16.6 Å². The van der Waals surface area contributed by atoms with Gasteiger partial charge in [-0.15, -0.1) is 10.2 Å². The molecule has 248 valence electrons. The molecular weight excluding hydrogens is 710 g/mol. The Balaban J connectivity index is 1.34. The number of carbonyl (C=O) groups is 1. The van der Waals surface area contributed by atoms with Crippen molar-refractivity contribution in [2.75, 3.05) is 18.5 Å². The van der Waals surface area contributed by atoms with E-state index in [4.69, 9.17) is 30.1 Å². The molecule has 0 amide bonds. The summed E-state index contributed by atoms with van der Waals surface area (Å²) in [5.41, 5.74) is 4.04. The number of nitrogens with one attached hydrogen (secondary N) is 1. The number of aromatic nitrogens is 4. The highest BCUT2D eigenvalue weighted by Crippen LogP contribution is 2.46. The summed E-state index contributed by atoms with van der Waals surface area (Å²) in [4.78, 5) is 11.3. The molecule has 15 heteroatoms. The van der Waals surface area contributed by atoms with E-state index in [0.717, 1.165) is 22.3 Å². The molecule has 13 nitrogen and oxygen atoms in total. The third kappa shape index (κ3) is 6.65. The predicted octanol–water partition coefficient (Wildman–Crippen LogP) is 5.23. The van der Waals surface area contributed by atoms with Crippen LogP contribution < -0.4 is 14.8 Å². The fourth-order valence-electron chi connectivity index (χ4n) is 5.29. The number of hydrogen-bond acceptors (Lipinski definition) is 12. The van der Waals surface area contributed by atoms with Gasteiger partial charge in [-0.1, -0.05) is 76.1 Å². The molecule has 0 saturated carbocycles. The van der Waals surface area contributed by atoms with Crippen molar-refractivity contribution in [3.05, 3.63) is 106 Å². The maximum atomic E-state index is 11.7. The van der Waals surface area contributed by atoms with Gasteiger partial charge in [-0.2, -0.15) is 0 Å². The van der Waals surface area contributed by atoms with Crippen LogP contribution in [0.15, 0.2) is 81.9 Å². The standard InChI is InChI=1S/C33H29BrClN5O8/c1-18-5-2-3-6-20(18)21-7-4-10-33(30(21)34,32-38-37-29(15-42)47-32)17-46-27-13-28(25(12-22(27)35)36-26(14-41)31(43)44)45-16-19-8-9-23-24(11-19)40-48-39-23/h2-13,26,30,36,41-42H,14-17H2,1H3,(H,43,44). The van der Waals surface area contributed by atoms with E-state index in [9.17, 15) is 20.1 Å². The van der Waals surface area contributed by atoms with E-state index in [1.54, 1.807) is 18.2 Å². The van der Waals surface area contributed by atoms with Crippen LogP contribution in [0.4, 0.5) is 5.69 Å². The first kappa shape index (κ1) is 33.2. The summed E-state index contributed by atoms with van der Waals surface area (Å²) in [5, 5.41) is 47.8. The number of fused-ring (bicyclic) bond motifs is 1. The van der Waals surface area contributed by atoms with E-state index in [0.29, 0.717) is 11.0 Å². The SMILES string of the molecule is Cc1ccccc1C1=CC=CC(COc2cc(OCc3ccc4nonc4c3)c(NC(CO)C(=O)O)cc2Cl)(c2nnc(CO)o2)C1Br. The van der Waals surface area contributed by atoms with Gasteiger partial charge in [0.25, 0.3) is 0 Å². The average molecular weight is 739 g/mol. The molecule has 48 heavy (non-hydrogen) atoms. The highest BCUT2D eigenvalue weighted by Gasteiger charge is 2.46. The van der Waals surface area contributed by atoms with Crippen LogP contribution >= 0.6 is 27.5 Å². The van der Waals surface area contributed by atoms with Gasteiger partial charge < -0.3 is 34.5 Å². The van der Waals surface area contributed by atoms with E-state index in [-0.39, 0.29) is 47.2 Å². The Labute approximate surface area is 286 Å². The number of allylic oxidation sites excluding steroid dienone is 3. The minimum Gasteiger partial charge on any atom is -0.490 e. The summed E-state index contributed by atoms with van der Waals surface area (Å²) in [5.74, 6) is -0.593. The smallest absolute Gasteiger partial charge is 0.328 e. The Morgan fingerprint density at radius 2 is 1.90 bits per heavy atom. The van der Waals surface area contributed by atoms with E-state index in [1.807, 2.05) is 49.4 Å². The molecule has 3 aromatic carbocycles. The Kier molecular flexibility index (Phi) is 9.78. The molecule has 3 unspecified atom stereocenters. The highest BCUT2D eigenvalue weighted by atomic mass is 79.9. The minimum absolute atomic E-state index is 0.0464. The molecule has 0 fully saturated rings. The number of aliphatic hydroxyl groups excluding tert-OH is 2. The Bertz CT molecular complexity index is 2010. The molecular formula is C33H29BrClN5O8. The van der Waals surface area contributed by atoms with Crippen molar-refractivity contribution in [1.82, 2.24) is 20.5 Å². The molecule has 2 aromatic heterocycles. The van der Waals surface area contributed by atoms with Gasteiger partial charge in [-0.05, 0) is 57.7 Å². The molecule has 4 N–H and O–H groups in total. The molecule has 1 aliphatic carbocycles. The van der Waals surface area contributed by atoms with Crippen LogP contribution in [0.2, 0.25) is 5.02 Å². The number of nitrogens with zero attached hydrogens (tertiary/aromatic N) is 4. The Morgan fingerprint density at radius 3 is 2.65 bits per heavy atom. The van der Waals surface area contributed by atoms with Gasteiger partial charge in [0.05, 0.1) is 22.1 Å². The van der Waals surface area contributed by atoms with Gasteiger partial charge in [0.2, 0.25) is 11.8 Å². The first-order chi connectivity index (χ1) is 23.2. The second-order valence-corrected chi connectivity index (χ2v) is 12.3. The van der Waals surface area contributed by atoms with Gasteiger partial charge >= 0.3 is 5.97 Å². The van der Waals surface area contributed by atoms with E-state index in [1.165, 1.54) is 12.1 Å². The lowest BCUT2D eigenvalue weighted by atomic mass is 9.76. The van der Waals surface area contributed by atoms with Gasteiger partial charge in [0.1, 0.15) is 53.8 Å². The molecule has 6 rings (SSSR count). The average Bonchev–Trinajstić information content (AvgIpc) is 3.77. The molecule has 1 aliphatic rings. The van der Waals surface area contributed by atoms with Crippen LogP contribution in [0.5, 0.6) is 11.5 Å². The third-order valence-corrected chi connectivity index (χ3v) is 9.48. The quantitative estimate of drug-likeness (QED) is 0.115. The molecule has 0 bridgehead atoms. The number of ether oxygens (including phenoxy) is 2. The van der Waals surface area contributed by atoms with Crippen molar-refractivity contribution in [1.29, 1.82) is 0 Å². The highest BCUT2D eigenvalue weighted by molar-refractivity contribution is 9.09. The van der Waals surface area contributed by atoms with Crippen molar-refractivity contribution in [2.24, 2.45) is 0 Å². The normalized spacial score (nSPS) is 18.0. The fraction of sp³-hybridized carbons (Fsp3) is 0.242. The summed E-state index contributed by atoms with van der Waals surface area (Å²) < 4.78 is 23.2. The minimum atomic E-state index is -1.33. The molecule has 3 atom stereocenters. The van der Waals surface area contributed by atoms with Gasteiger partial charge in [-0.3, -0.25) is 0 Å². The molecule has 0 radical (unpaired) electrons. The lowest BCUT2D eigenvalue weighted by Crippen LogP contribution is -2.42. The number of carboxylic acid groups (broad SMARTS) is 1. The van der Waals surface area contributed by atoms with Crippen LogP contribution in [0.3, 0.4) is 0 Å². The van der Waals surface area contributed by atoms with Crippen molar-refractivity contribution >= 4 is 55.8 Å². The monoisotopic (exact) mass is 737 g/mol. The maximum absolute atomic E-state index is 11.7. The number of aliphatic carboxylic acids is 1. The predicted molar refractivity (Wildman–Crippen MR) is 178 cm³/mol. The van der Waals surface area contributed by atoms with Crippen LogP contribution in [0, 0.1) is 6.92 Å². The number of benzene rings is 3. The van der Waals surface area contributed by atoms with E-state index < -0.39 is 35.5 Å². The Hall–Kier alpha value is -4.76. The lowest BCUT2D eigenvalue weighted by molar-refractivity contribution is -0.138. The zero-order valence-electron chi connectivity index (χ0n) is 25.3. The lowest BCUT2D eigenvalue weighted by Gasteiger charge is -2.36. The number of aryl methyl sites for hydroxylation is 1. The number of alkyl halides is 1. The number of aliphatic hydroxyl groups is 2. The first-order valence-electron chi connectivity index (χ1n) is 14.7. The molecule has 0 spiro atoms. The van der Waals surface area contributed by atoms with E-state index >= 15 is 0 Å². The van der Waals surface area contributed by atoms with Gasteiger partial charge in [0, 0.05) is 6.07 Å². The largest absolute Gasteiger partial charge is 0.490 e. The molecule has 0 aliphatic heterocycles. The zero-order chi connectivity index (χ0) is 33.8. The number of anilines is 1. The van der Waals surface area contributed by atoms with Gasteiger partial charge in [-0.25, -0.2) is 9.42 Å². The second kappa shape index (κ2) is 14.2. The topological polar surface area (TPSA) is 186 Å². The molecule has 5 aromatic rings. The number of rotatable bonds is 13. The summed E-state index contributed by atoms with van der Waals surface area (Å²) in [6.45, 7) is 0.909. The molecule has 2 heterocycles. The van der Waals surface area contributed by atoms with Crippen LogP contribution in [-0.4, -0.2) is 65.9 Å². The second-order valence-electron chi connectivity index (χ2n) is 11.0. The summed E-state index contributed by atoms with van der Waals surface area (Å²) in [7, 11) is 0. The summed E-state index contributed by atoms with van der Waals surface area (Å²) in [6.07, 6.45) is 5.77. The van der Waals surface area contributed by atoms with Crippen LogP contribution in [0.1, 0.15) is 28.5 Å². The zero-order valence-corrected chi connectivity index (χ0v) is 27.7. The van der Waals surface area contributed by atoms with Crippen molar-refractivity contribution < 1.29 is 38.6 Å². The third-order valence-electron chi connectivity index (χ3n) is 7.87. The van der Waals surface area contributed by atoms with Crippen LogP contribution in [-0.2, 0) is 23.4 Å². The Morgan fingerprint density at radius 1 is 1.08 bits per heavy atom. The number of hydrogen-bond donors (Lipinski definition) is 4. The number of carboxylic acids is 1. The maximum Gasteiger partial charge on any atom is 0.328 e. The summed E-state index contributed by atoms with van der Waals surface area (Å²) in [6, 6.07) is 14.9.